The van der Waals surface area contributed by atoms with E-state index in [9.17, 15) is 4.79 Å². The van der Waals surface area contributed by atoms with Gasteiger partial charge in [0.25, 0.3) is 0 Å². The van der Waals surface area contributed by atoms with E-state index in [1.54, 1.807) is 6.20 Å². The van der Waals surface area contributed by atoms with E-state index in [0.29, 0.717) is 6.42 Å². The number of benzene rings is 2. The first-order valence-corrected chi connectivity index (χ1v) is 9.25. The highest BCUT2D eigenvalue weighted by molar-refractivity contribution is 5.97. The summed E-state index contributed by atoms with van der Waals surface area (Å²) in [7, 11) is 0. The predicted molar refractivity (Wildman–Crippen MR) is 113 cm³/mol. The lowest BCUT2D eigenvalue weighted by atomic mass is 10.0. The van der Waals surface area contributed by atoms with Gasteiger partial charge in [0.2, 0.25) is 5.91 Å². The molecule has 5 heteroatoms. The first-order valence-electron chi connectivity index (χ1n) is 9.25. The van der Waals surface area contributed by atoms with Crippen molar-refractivity contribution in [3.63, 3.8) is 0 Å². The van der Waals surface area contributed by atoms with Crippen molar-refractivity contribution in [3.8, 4) is 11.1 Å². The summed E-state index contributed by atoms with van der Waals surface area (Å²) in [5, 5.41) is 4.02. The van der Waals surface area contributed by atoms with Crippen LogP contribution in [0.1, 0.15) is 11.1 Å². The van der Waals surface area contributed by atoms with Gasteiger partial charge in [-0.05, 0) is 53.8 Å². The molecule has 0 spiro atoms. The summed E-state index contributed by atoms with van der Waals surface area (Å²) in [5.41, 5.74) is 12.1. The van der Waals surface area contributed by atoms with Crippen LogP contribution in [0.2, 0.25) is 0 Å². The average Bonchev–Trinajstić information content (AvgIpc) is 3.10. The van der Waals surface area contributed by atoms with E-state index in [1.165, 1.54) is 0 Å². The van der Waals surface area contributed by atoms with E-state index in [-0.39, 0.29) is 5.91 Å². The molecule has 4 N–H and O–H groups in total. The van der Waals surface area contributed by atoms with Gasteiger partial charge < -0.3 is 16.0 Å². The number of rotatable bonds is 5. The number of nitrogens with two attached hydrogens (primary N) is 1. The normalized spacial score (nSPS) is 12.1. The van der Waals surface area contributed by atoms with Gasteiger partial charge in [-0.2, -0.15) is 0 Å². The molecule has 140 valence electrons. The van der Waals surface area contributed by atoms with Crippen molar-refractivity contribution in [2.75, 3.05) is 5.32 Å². The van der Waals surface area contributed by atoms with Crippen LogP contribution in [-0.2, 0) is 11.2 Å². The Hall–Kier alpha value is -3.44. The molecule has 28 heavy (non-hydrogen) atoms. The van der Waals surface area contributed by atoms with Crippen molar-refractivity contribution in [2.45, 2.75) is 19.4 Å². The highest BCUT2D eigenvalue weighted by Crippen LogP contribution is 2.30. The molecule has 2 heterocycles. The van der Waals surface area contributed by atoms with E-state index < -0.39 is 6.04 Å². The zero-order valence-electron chi connectivity index (χ0n) is 15.6. The molecule has 0 bridgehead atoms. The fourth-order valence-electron chi connectivity index (χ4n) is 3.39. The zero-order chi connectivity index (χ0) is 19.5. The Morgan fingerprint density at radius 2 is 1.86 bits per heavy atom. The SMILES string of the molecule is Cc1c[nH]c2nccc(-c3ccc(NC(=O)C(N)Cc4ccccc4)cc3)c12. The molecule has 1 atom stereocenters. The average molecular weight is 370 g/mol. The van der Waals surface area contributed by atoms with Crippen molar-refractivity contribution < 1.29 is 4.79 Å². The number of pyridine rings is 1. The number of carbonyl (C=O) groups is 1. The second-order valence-electron chi connectivity index (χ2n) is 6.92. The van der Waals surface area contributed by atoms with E-state index in [0.717, 1.165) is 39.0 Å². The molecule has 4 rings (SSSR count). The summed E-state index contributed by atoms with van der Waals surface area (Å²) in [4.78, 5) is 20.0. The lowest BCUT2D eigenvalue weighted by Crippen LogP contribution is -2.37. The first-order chi connectivity index (χ1) is 13.6. The zero-order valence-corrected chi connectivity index (χ0v) is 15.6. The molecule has 2 aromatic carbocycles. The van der Waals surface area contributed by atoms with Crippen LogP contribution in [0.15, 0.2) is 73.1 Å². The molecule has 0 radical (unpaired) electrons. The van der Waals surface area contributed by atoms with Crippen LogP contribution in [0.25, 0.3) is 22.2 Å². The molecule has 0 saturated carbocycles. The largest absolute Gasteiger partial charge is 0.346 e. The van der Waals surface area contributed by atoms with Crippen LogP contribution in [0, 0.1) is 6.92 Å². The molecule has 1 amide bonds. The monoisotopic (exact) mass is 370 g/mol. The van der Waals surface area contributed by atoms with Crippen molar-refractivity contribution in [1.29, 1.82) is 0 Å². The molecule has 1 unspecified atom stereocenters. The lowest BCUT2D eigenvalue weighted by molar-refractivity contribution is -0.117. The van der Waals surface area contributed by atoms with Gasteiger partial charge in [0, 0.05) is 23.5 Å². The highest BCUT2D eigenvalue weighted by Gasteiger charge is 2.14. The Kier molecular flexibility index (Phi) is 4.91. The summed E-state index contributed by atoms with van der Waals surface area (Å²) in [6, 6.07) is 19.0. The number of hydrogen-bond donors (Lipinski definition) is 3. The van der Waals surface area contributed by atoms with Gasteiger partial charge in [-0.1, -0.05) is 42.5 Å². The fraction of sp³-hybridized carbons (Fsp3) is 0.130. The molecule has 2 aromatic heterocycles. The minimum absolute atomic E-state index is 0.190. The third-order valence-corrected chi connectivity index (χ3v) is 4.87. The van der Waals surface area contributed by atoms with Crippen LogP contribution in [0.3, 0.4) is 0 Å². The third kappa shape index (κ3) is 3.66. The van der Waals surface area contributed by atoms with Crippen molar-refractivity contribution in [3.05, 3.63) is 84.2 Å². The summed E-state index contributed by atoms with van der Waals surface area (Å²) in [6.07, 6.45) is 4.27. The number of aromatic amines is 1. The molecule has 5 nitrogen and oxygen atoms in total. The van der Waals surface area contributed by atoms with Crippen LogP contribution in [0.5, 0.6) is 0 Å². The minimum atomic E-state index is -0.593. The number of aromatic nitrogens is 2. The number of aryl methyl sites for hydroxylation is 1. The maximum atomic E-state index is 12.4. The quantitative estimate of drug-likeness (QED) is 0.496. The van der Waals surface area contributed by atoms with E-state index >= 15 is 0 Å². The summed E-state index contributed by atoms with van der Waals surface area (Å²) in [5.74, 6) is -0.190. The molecule has 0 saturated heterocycles. The van der Waals surface area contributed by atoms with Gasteiger partial charge in [0.1, 0.15) is 5.65 Å². The smallest absolute Gasteiger partial charge is 0.241 e. The predicted octanol–water partition coefficient (Wildman–Crippen LogP) is 4.05. The second kappa shape index (κ2) is 7.66. The van der Waals surface area contributed by atoms with E-state index in [1.807, 2.05) is 66.9 Å². The first kappa shape index (κ1) is 17.9. The number of fused-ring (bicyclic) bond motifs is 1. The summed E-state index contributed by atoms with van der Waals surface area (Å²) >= 11 is 0. The van der Waals surface area contributed by atoms with Crippen molar-refractivity contribution in [1.82, 2.24) is 9.97 Å². The Labute approximate surface area is 163 Å². The maximum absolute atomic E-state index is 12.4. The van der Waals surface area contributed by atoms with Crippen LogP contribution in [-0.4, -0.2) is 21.9 Å². The van der Waals surface area contributed by atoms with Gasteiger partial charge >= 0.3 is 0 Å². The van der Waals surface area contributed by atoms with Crippen molar-refractivity contribution >= 4 is 22.6 Å². The van der Waals surface area contributed by atoms with Gasteiger partial charge in [0.15, 0.2) is 0 Å². The number of H-pyrrole nitrogens is 1. The Morgan fingerprint density at radius 3 is 2.61 bits per heavy atom. The molecule has 0 fully saturated rings. The molecule has 0 aliphatic rings. The van der Waals surface area contributed by atoms with Gasteiger partial charge in [-0.25, -0.2) is 4.98 Å². The Bertz CT molecular complexity index is 1100. The van der Waals surface area contributed by atoms with Crippen LogP contribution >= 0.6 is 0 Å². The Balaban J connectivity index is 1.49. The van der Waals surface area contributed by atoms with Gasteiger partial charge in [-0.15, -0.1) is 0 Å². The van der Waals surface area contributed by atoms with Crippen LogP contribution in [0.4, 0.5) is 5.69 Å². The summed E-state index contributed by atoms with van der Waals surface area (Å²) in [6.45, 7) is 2.06. The number of carbonyl (C=O) groups excluding carboxylic acids is 1. The summed E-state index contributed by atoms with van der Waals surface area (Å²) < 4.78 is 0. The van der Waals surface area contributed by atoms with Gasteiger partial charge in [0.05, 0.1) is 6.04 Å². The molecular weight excluding hydrogens is 348 g/mol. The highest BCUT2D eigenvalue weighted by atomic mass is 16.2. The Morgan fingerprint density at radius 1 is 1.11 bits per heavy atom. The van der Waals surface area contributed by atoms with E-state index in [2.05, 4.69) is 22.2 Å². The maximum Gasteiger partial charge on any atom is 0.241 e. The number of anilines is 1. The fourth-order valence-corrected chi connectivity index (χ4v) is 3.39. The number of amides is 1. The van der Waals surface area contributed by atoms with Crippen LogP contribution < -0.4 is 11.1 Å². The molecule has 4 aromatic rings. The second-order valence-corrected chi connectivity index (χ2v) is 6.92. The van der Waals surface area contributed by atoms with E-state index in [4.69, 9.17) is 5.73 Å². The third-order valence-electron chi connectivity index (χ3n) is 4.87. The molecule has 0 aliphatic heterocycles. The number of nitrogens with one attached hydrogen (secondary N) is 2. The molecule has 0 aliphatic carbocycles. The number of hydrogen-bond acceptors (Lipinski definition) is 3. The lowest BCUT2D eigenvalue weighted by Gasteiger charge is -2.13. The van der Waals surface area contributed by atoms with Crippen molar-refractivity contribution in [2.24, 2.45) is 5.73 Å². The van der Waals surface area contributed by atoms with Gasteiger partial charge in [-0.3, -0.25) is 4.79 Å². The topological polar surface area (TPSA) is 83.8 Å². The minimum Gasteiger partial charge on any atom is -0.346 e. The molecular formula is C23H22N4O. The number of nitrogens with zero attached hydrogens (tertiary/aromatic N) is 1. The standard InChI is InChI=1S/C23H22N4O/c1-15-14-26-22-21(15)19(11-12-25-22)17-7-9-18(10-8-17)27-23(28)20(24)13-16-5-3-2-4-6-16/h2-12,14,20H,13,24H2,1H3,(H,25,26)(H,27,28).